The lowest BCUT2D eigenvalue weighted by Crippen LogP contribution is -2.44. The quantitative estimate of drug-likeness (QED) is 0.785. The molecule has 0 aliphatic carbocycles. The van der Waals surface area contributed by atoms with Crippen LogP contribution in [0.3, 0.4) is 0 Å². The minimum Gasteiger partial charge on any atom is -0.312 e. The Balaban J connectivity index is 1.75. The van der Waals surface area contributed by atoms with Crippen molar-refractivity contribution in [1.82, 2.24) is 15.1 Å². The van der Waals surface area contributed by atoms with Crippen LogP contribution in [-0.2, 0) is 9.84 Å². The minimum absolute atomic E-state index is 0.176. The third kappa shape index (κ3) is 4.69. The summed E-state index contributed by atoms with van der Waals surface area (Å²) in [6.07, 6.45) is 3.19. The van der Waals surface area contributed by atoms with Gasteiger partial charge in [-0.1, -0.05) is 6.92 Å². The van der Waals surface area contributed by atoms with E-state index in [1.807, 2.05) is 0 Å². The molecule has 2 aliphatic rings. The molecule has 20 heavy (non-hydrogen) atoms. The molecule has 0 spiro atoms. The number of nitrogens with one attached hydrogen (secondary N) is 1. The van der Waals surface area contributed by atoms with Crippen molar-refractivity contribution in [3.63, 3.8) is 0 Å². The first-order valence-electron chi connectivity index (χ1n) is 7.86. The molecular formula is C14H29N3O2S. The molecule has 0 aromatic heterocycles. The number of likely N-dealkylation sites (N-methyl/N-ethyl adjacent to an activating group) is 1. The summed E-state index contributed by atoms with van der Waals surface area (Å²) >= 11 is 0. The van der Waals surface area contributed by atoms with E-state index in [1.54, 1.807) is 0 Å². The summed E-state index contributed by atoms with van der Waals surface area (Å²) in [6.45, 7) is 7.68. The monoisotopic (exact) mass is 303 g/mol. The summed E-state index contributed by atoms with van der Waals surface area (Å²) in [5.74, 6) is 0.684. The van der Waals surface area contributed by atoms with Crippen LogP contribution < -0.4 is 5.32 Å². The fraction of sp³-hybridized carbons (Fsp3) is 1.00. The van der Waals surface area contributed by atoms with Crippen molar-refractivity contribution in [2.75, 3.05) is 51.3 Å². The summed E-state index contributed by atoms with van der Waals surface area (Å²) in [5, 5.41) is 3.43. The number of sulfone groups is 1. The predicted octanol–water partition coefficient (Wildman–Crippen LogP) is 0.179. The maximum Gasteiger partial charge on any atom is 0.151 e. The van der Waals surface area contributed by atoms with Gasteiger partial charge >= 0.3 is 0 Å². The van der Waals surface area contributed by atoms with Crippen molar-refractivity contribution < 1.29 is 8.42 Å². The van der Waals surface area contributed by atoms with E-state index < -0.39 is 9.84 Å². The number of hydrogen-bond acceptors (Lipinski definition) is 5. The first kappa shape index (κ1) is 16.2. The fourth-order valence-corrected chi connectivity index (χ4v) is 5.05. The summed E-state index contributed by atoms with van der Waals surface area (Å²) in [6, 6.07) is 0.811. The van der Waals surface area contributed by atoms with Gasteiger partial charge in [0.15, 0.2) is 9.84 Å². The highest BCUT2D eigenvalue weighted by Gasteiger charge is 2.27. The van der Waals surface area contributed by atoms with Gasteiger partial charge in [-0.05, 0) is 39.4 Å². The van der Waals surface area contributed by atoms with E-state index in [-0.39, 0.29) is 6.04 Å². The largest absolute Gasteiger partial charge is 0.312 e. The Labute approximate surface area is 123 Å². The molecule has 0 bridgehead atoms. The van der Waals surface area contributed by atoms with Crippen LogP contribution in [0.4, 0.5) is 0 Å². The van der Waals surface area contributed by atoms with Gasteiger partial charge in [0.1, 0.15) is 0 Å². The number of nitrogens with zero attached hydrogens (tertiary/aromatic N) is 2. The molecular weight excluding hydrogens is 274 g/mol. The molecule has 2 heterocycles. The number of rotatable bonds is 5. The smallest absolute Gasteiger partial charge is 0.151 e. The molecule has 2 atom stereocenters. The van der Waals surface area contributed by atoms with Gasteiger partial charge in [0.25, 0.3) is 0 Å². The zero-order chi connectivity index (χ0) is 14.6. The van der Waals surface area contributed by atoms with Gasteiger partial charge in [-0.2, -0.15) is 0 Å². The molecule has 0 aromatic carbocycles. The molecule has 2 unspecified atom stereocenters. The Kier molecular flexibility index (Phi) is 5.84. The van der Waals surface area contributed by atoms with Crippen molar-refractivity contribution in [2.45, 2.75) is 38.3 Å². The van der Waals surface area contributed by atoms with Crippen molar-refractivity contribution in [3.05, 3.63) is 0 Å². The molecule has 6 heteroatoms. The van der Waals surface area contributed by atoms with E-state index in [2.05, 4.69) is 29.1 Å². The lowest BCUT2D eigenvalue weighted by atomic mass is 10.2. The zero-order valence-electron chi connectivity index (χ0n) is 12.8. The van der Waals surface area contributed by atoms with Gasteiger partial charge in [-0.15, -0.1) is 0 Å². The molecule has 0 aromatic rings. The van der Waals surface area contributed by atoms with Gasteiger partial charge < -0.3 is 10.2 Å². The van der Waals surface area contributed by atoms with Crippen LogP contribution in [0.25, 0.3) is 0 Å². The second kappa shape index (κ2) is 7.20. The molecule has 1 N–H and O–H groups in total. The molecule has 2 aliphatic heterocycles. The zero-order valence-corrected chi connectivity index (χ0v) is 13.7. The Morgan fingerprint density at radius 1 is 1.30 bits per heavy atom. The lowest BCUT2D eigenvalue weighted by Gasteiger charge is -2.30. The third-order valence-corrected chi connectivity index (χ3v) is 6.33. The lowest BCUT2D eigenvalue weighted by molar-refractivity contribution is 0.182. The van der Waals surface area contributed by atoms with Gasteiger partial charge in [0.2, 0.25) is 0 Å². The average molecular weight is 303 g/mol. The second-order valence-electron chi connectivity index (χ2n) is 6.27. The highest BCUT2D eigenvalue weighted by molar-refractivity contribution is 7.91. The van der Waals surface area contributed by atoms with Gasteiger partial charge in [-0.25, -0.2) is 8.42 Å². The number of hydrogen-bond donors (Lipinski definition) is 1. The van der Waals surface area contributed by atoms with E-state index in [1.165, 1.54) is 19.4 Å². The van der Waals surface area contributed by atoms with E-state index >= 15 is 0 Å². The Morgan fingerprint density at radius 3 is 2.75 bits per heavy atom. The van der Waals surface area contributed by atoms with Crippen molar-refractivity contribution in [3.8, 4) is 0 Å². The average Bonchev–Trinajstić information content (AvgIpc) is 2.63. The van der Waals surface area contributed by atoms with Crippen LogP contribution in [-0.4, -0.2) is 81.6 Å². The summed E-state index contributed by atoms with van der Waals surface area (Å²) in [4.78, 5) is 4.99. The summed E-state index contributed by atoms with van der Waals surface area (Å²) in [5.41, 5.74) is 0. The standard InChI is InChI=1S/C14H29N3O2S/c1-3-14-11-16(2)7-4-8-17(14)9-6-15-13-5-10-20(18,19)12-13/h13-15H,3-12H2,1-2H3. The van der Waals surface area contributed by atoms with Crippen molar-refractivity contribution >= 4 is 9.84 Å². The van der Waals surface area contributed by atoms with Crippen LogP contribution in [0, 0.1) is 0 Å². The van der Waals surface area contributed by atoms with Crippen LogP contribution >= 0.6 is 0 Å². The van der Waals surface area contributed by atoms with Crippen LogP contribution in [0.5, 0.6) is 0 Å². The Hall–Kier alpha value is -0.170. The van der Waals surface area contributed by atoms with Crippen molar-refractivity contribution in [1.29, 1.82) is 0 Å². The molecule has 2 saturated heterocycles. The first-order chi connectivity index (χ1) is 9.50. The van der Waals surface area contributed by atoms with Crippen LogP contribution in [0.1, 0.15) is 26.2 Å². The van der Waals surface area contributed by atoms with Gasteiger partial charge in [0.05, 0.1) is 11.5 Å². The third-order valence-electron chi connectivity index (χ3n) is 4.56. The molecule has 118 valence electrons. The van der Waals surface area contributed by atoms with E-state index in [0.29, 0.717) is 17.5 Å². The van der Waals surface area contributed by atoms with Gasteiger partial charge in [0, 0.05) is 31.7 Å². The summed E-state index contributed by atoms with van der Waals surface area (Å²) in [7, 11) is -0.560. The minimum atomic E-state index is -2.76. The molecule has 2 rings (SSSR count). The first-order valence-corrected chi connectivity index (χ1v) is 9.68. The maximum atomic E-state index is 11.4. The molecule has 0 saturated carbocycles. The topological polar surface area (TPSA) is 52.6 Å². The van der Waals surface area contributed by atoms with Crippen molar-refractivity contribution in [2.24, 2.45) is 0 Å². The van der Waals surface area contributed by atoms with E-state index in [4.69, 9.17) is 0 Å². The maximum absolute atomic E-state index is 11.4. The molecule has 0 amide bonds. The van der Waals surface area contributed by atoms with Crippen LogP contribution in [0.2, 0.25) is 0 Å². The molecule has 5 nitrogen and oxygen atoms in total. The van der Waals surface area contributed by atoms with E-state index in [0.717, 1.165) is 32.6 Å². The molecule has 0 radical (unpaired) electrons. The van der Waals surface area contributed by atoms with Gasteiger partial charge in [-0.3, -0.25) is 4.90 Å². The summed E-state index contributed by atoms with van der Waals surface area (Å²) < 4.78 is 22.9. The highest BCUT2D eigenvalue weighted by Crippen LogP contribution is 2.13. The Bertz CT molecular complexity index is 399. The van der Waals surface area contributed by atoms with Crippen LogP contribution in [0.15, 0.2) is 0 Å². The fourth-order valence-electron chi connectivity index (χ4n) is 3.34. The Morgan fingerprint density at radius 2 is 2.10 bits per heavy atom. The normalized spacial score (nSPS) is 32.3. The molecule has 2 fully saturated rings. The highest BCUT2D eigenvalue weighted by atomic mass is 32.2. The van der Waals surface area contributed by atoms with E-state index in [9.17, 15) is 8.42 Å². The second-order valence-corrected chi connectivity index (χ2v) is 8.50. The SMILES string of the molecule is CCC1CN(C)CCCN1CCNC1CCS(=O)(=O)C1. The predicted molar refractivity (Wildman–Crippen MR) is 82.8 cm³/mol.